The highest BCUT2D eigenvalue weighted by Crippen LogP contribution is 2.49. The molecule has 166 valence electrons. The number of aliphatic hydroxyl groups excluding tert-OH is 1. The number of hydrogen-bond donors (Lipinski definition) is 3. The van der Waals surface area contributed by atoms with Crippen LogP contribution in [0.1, 0.15) is 35.6 Å². The molecule has 31 heavy (non-hydrogen) atoms. The summed E-state index contributed by atoms with van der Waals surface area (Å²) in [5.41, 5.74) is 12.5. The fourth-order valence-corrected chi connectivity index (χ4v) is 5.12. The zero-order chi connectivity index (χ0) is 22.3. The summed E-state index contributed by atoms with van der Waals surface area (Å²) >= 11 is 1.08. The number of amides is 1. The van der Waals surface area contributed by atoms with Crippen molar-refractivity contribution >= 4 is 23.4 Å². The van der Waals surface area contributed by atoms with Crippen LogP contribution in [0.5, 0.6) is 0 Å². The second kappa shape index (κ2) is 8.58. The molecule has 0 spiro atoms. The van der Waals surface area contributed by atoms with Crippen LogP contribution in [0.2, 0.25) is 0 Å². The van der Waals surface area contributed by atoms with Crippen LogP contribution in [0.4, 0.5) is 14.5 Å². The third kappa shape index (κ3) is 3.93. The molecule has 1 aromatic carbocycles. The van der Waals surface area contributed by atoms with Crippen LogP contribution >= 0.6 is 11.8 Å². The number of benzene rings is 1. The lowest BCUT2D eigenvalue weighted by Crippen LogP contribution is -2.35. The maximum atomic E-state index is 14.6. The highest BCUT2D eigenvalue weighted by molar-refractivity contribution is 8.02. The quantitative estimate of drug-likeness (QED) is 0.649. The van der Waals surface area contributed by atoms with Crippen LogP contribution in [-0.4, -0.2) is 39.5 Å². The number of aromatic nitrogens is 2. The molecule has 1 unspecified atom stereocenters. The van der Waals surface area contributed by atoms with Crippen LogP contribution in [0.25, 0.3) is 0 Å². The molecule has 8 nitrogen and oxygen atoms in total. The van der Waals surface area contributed by atoms with Crippen molar-refractivity contribution in [2.24, 2.45) is 18.5 Å². The molecule has 1 amide bonds. The number of primary amides is 1. The molecule has 11 heteroatoms. The lowest BCUT2D eigenvalue weighted by Gasteiger charge is -2.30. The van der Waals surface area contributed by atoms with Crippen molar-refractivity contribution < 1.29 is 23.4 Å². The van der Waals surface area contributed by atoms with Gasteiger partial charge in [0.2, 0.25) is 0 Å². The average molecular weight is 451 g/mol. The fraction of sp³-hybridized carbons (Fsp3) is 0.400. The molecule has 1 aromatic heterocycles. The maximum Gasteiger partial charge on any atom is 0.265 e. The molecule has 0 saturated carbocycles. The highest BCUT2D eigenvalue weighted by Gasteiger charge is 2.39. The highest BCUT2D eigenvalue weighted by atomic mass is 32.2. The number of anilines is 1. The first-order valence-corrected chi connectivity index (χ1v) is 10.7. The van der Waals surface area contributed by atoms with Crippen LogP contribution in [0.3, 0.4) is 0 Å². The van der Waals surface area contributed by atoms with Crippen LogP contribution in [0.15, 0.2) is 35.5 Å². The molecule has 0 aliphatic carbocycles. The van der Waals surface area contributed by atoms with E-state index in [0.717, 1.165) is 11.8 Å². The number of aryl methyl sites for hydroxylation is 1. The number of ether oxygens (including phenoxy) is 1. The molecule has 4 atom stereocenters. The Kier molecular flexibility index (Phi) is 6.02. The zero-order valence-corrected chi connectivity index (χ0v) is 17.6. The zero-order valence-electron chi connectivity index (χ0n) is 16.7. The summed E-state index contributed by atoms with van der Waals surface area (Å²) in [6.45, 7) is 0.0368. The SMILES string of the molecule is Cn1ncc(N2C(C(N)=O)=CSC2c2c(F)cccc2F)c1[C@@H]1CC[C@@H](N)[C@@H](O)CO1. The molecule has 5 N–H and O–H groups in total. The summed E-state index contributed by atoms with van der Waals surface area (Å²) in [7, 11) is 1.71. The number of thioether (sulfide) groups is 1. The van der Waals surface area contributed by atoms with Gasteiger partial charge >= 0.3 is 0 Å². The van der Waals surface area contributed by atoms with E-state index in [1.54, 1.807) is 11.7 Å². The van der Waals surface area contributed by atoms with Gasteiger partial charge in [-0.05, 0) is 25.0 Å². The summed E-state index contributed by atoms with van der Waals surface area (Å²) in [5.74, 6) is -2.19. The van der Waals surface area contributed by atoms with Gasteiger partial charge in [0.25, 0.3) is 5.91 Å². The van der Waals surface area contributed by atoms with E-state index in [1.165, 1.54) is 34.7 Å². The standard InChI is InChI=1S/C20H23F2N5O3S/c1-26-18(16-6-5-12(23)15(28)8-30-16)13(7-25-26)27-14(19(24)29)9-31-20(27)17-10(21)3-2-4-11(17)22/h2-4,7,9,12,15-16,20,28H,5-6,8,23H2,1H3,(H2,24,29)/t12-,15+,16+,20?/m1/s1. The van der Waals surface area contributed by atoms with Crippen LogP contribution < -0.4 is 16.4 Å². The van der Waals surface area contributed by atoms with E-state index >= 15 is 0 Å². The summed E-state index contributed by atoms with van der Waals surface area (Å²) in [5, 5.41) is 14.9. The number of carbonyl (C=O) groups is 1. The summed E-state index contributed by atoms with van der Waals surface area (Å²) in [6, 6.07) is 3.19. The molecule has 1 fully saturated rings. The third-order valence-corrected chi connectivity index (χ3v) is 6.62. The first kappa shape index (κ1) is 21.8. The van der Waals surface area contributed by atoms with E-state index < -0.39 is 41.2 Å². The normalized spacial score (nSPS) is 26.6. The Hall–Kier alpha value is -2.47. The van der Waals surface area contributed by atoms with Gasteiger partial charge in [0.15, 0.2) is 0 Å². The van der Waals surface area contributed by atoms with E-state index in [0.29, 0.717) is 24.2 Å². The van der Waals surface area contributed by atoms with Crippen molar-refractivity contribution in [3.8, 4) is 0 Å². The van der Waals surface area contributed by atoms with Crippen LogP contribution in [-0.2, 0) is 16.6 Å². The molecule has 4 rings (SSSR count). The number of aliphatic hydroxyl groups is 1. The van der Waals surface area contributed by atoms with Crippen molar-refractivity contribution in [1.29, 1.82) is 0 Å². The molecule has 1 saturated heterocycles. The van der Waals surface area contributed by atoms with Crippen molar-refractivity contribution in [3.63, 3.8) is 0 Å². The minimum atomic E-state index is -0.898. The minimum absolute atomic E-state index is 0.0368. The molecule has 0 radical (unpaired) electrons. The number of nitrogens with zero attached hydrogens (tertiary/aromatic N) is 3. The monoisotopic (exact) mass is 451 g/mol. The Morgan fingerprint density at radius 1 is 1.32 bits per heavy atom. The predicted molar refractivity (Wildman–Crippen MR) is 112 cm³/mol. The third-order valence-electron chi connectivity index (χ3n) is 5.56. The van der Waals surface area contributed by atoms with E-state index in [2.05, 4.69) is 5.10 Å². The molecule has 2 aromatic rings. The topological polar surface area (TPSA) is 120 Å². The van der Waals surface area contributed by atoms with Crippen molar-refractivity contribution in [2.75, 3.05) is 11.5 Å². The van der Waals surface area contributed by atoms with Gasteiger partial charge in [-0.15, -0.1) is 11.8 Å². The van der Waals surface area contributed by atoms with Gasteiger partial charge in [-0.1, -0.05) is 6.07 Å². The second-order valence-electron chi connectivity index (χ2n) is 7.53. The van der Waals surface area contributed by atoms with Gasteiger partial charge in [0, 0.05) is 18.5 Å². The Balaban J connectivity index is 1.79. The Labute approximate surface area is 181 Å². The number of carbonyl (C=O) groups excluding carboxylic acids is 1. The van der Waals surface area contributed by atoms with Gasteiger partial charge in [-0.25, -0.2) is 8.78 Å². The first-order valence-electron chi connectivity index (χ1n) is 9.75. The van der Waals surface area contributed by atoms with Crippen molar-refractivity contribution in [1.82, 2.24) is 9.78 Å². The Morgan fingerprint density at radius 3 is 2.71 bits per heavy atom. The molecule has 2 aliphatic heterocycles. The number of halogens is 2. The summed E-state index contributed by atoms with van der Waals surface area (Å²) in [6.07, 6.45) is 1.23. The molecular formula is C20H23F2N5O3S. The van der Waals surface area contributed by atoms with E-state index in [9.17, 15) is 18.7 Å². The summed E-state index contributed by atoms with van der Waals surface area (Å²) in [4.78, 5) is 13.7. The van der Waals surface area contributed by atoms with Gasteiger partial charge in [0.05, 0.1) is 35.9 Å². The first-order chi connectivity index (χ1) is 14.8. The van der Waals surface area contributed by atoms with E-state index in [-0.39, 0.29) is 17.9 Å². The van der Waals surface area contributed by atoms with Gasteiger partial charge < -0.3 is 26.2 Å². The lowest BCUT2D eigenvalue weighted by molar-refractivity contribution is -0.114. The second-order valence-corrected chi connectivity index (χ2v) is 8.48. The van der Waals surface area contributed by atoms with Crippen molar-refractivity contribution in [3.05, 3.63) is 58.4 Å². The molecule has 2 aliphatic rings. The van der Waals surface area contributed by atoms with E-state index in [4.69, 9.17) is 16.2 Å². The van der Waals surface area contributed by atoms with Gasteiger partial charge in [0.1, 0.15) is 28.8 Å². The Morgan fingerprint density at radius 2 is 2.03 bits per heavy atom. The number of rotatable bonds is 4. The fourth-order valence-electron chi connectivity index (χ4n) is 3.92. The van der Waals surface area contributed by atoms with Gasteiger partial charge in [-0.2, -0.15) is 5.10 Å². The molecule has 3 heterocycles. The summed E-state index contributed by atoms with van der Waals surface area (Å²) < 4.78 is 36.7. The average Bonchev–Trinajstić information content (AvgIpc) is 3.27. The Bertz CT molecular complexity index is 998. The van der Waals surface area contributed by atoms with Gasteiger partial charge in [-0.3, -0.25) is 9.48 Å². The largest absolute Gasteiger partial charge is 0.389 e. The maximum absolute atomic E-state index is 14.6. The van der Waals surface area contributed by atoms with Crippen LogP contribution in [0, 0.1) is 11.6 Å². The minimum Gasteiger partial charge on any atom is -0.389 e. The predicted octanol–water partition coefficient (Wildman–Crippen LogP) is 1.82. The number of nitrogens with two attached hydrogens (primary N) is 2. The van der Waals surface area contributed by atoms with Crippen molar-refractivity contribution in [2.45, 2.75) is 36.5 Å². The van der Waals surface area contributed by atoms with E-state index in [1.807, 2.05) is 0 Å². The molecular weight excluding hydrogens is 428 g/mol. The number of hydrogen-bond acceptors (Lipinski definition) is 7. The lowest BCUT2D eigenvalue weighted by atomic mass is 10.0. The smallest absolute Gasteiger partial charge is 0.265 e. The molecule has 0 bridgehead atoms.